The summed E-state index contributed by atoms with van der Waals surface area (Å²) >= 11 is 5.14. The lowest BCUT2D eigenvalue weighted by atomic mass is 10.0. The second kappa shape index (κ2) is 5.90. The average Bonchev–Trinajstić information content (AvgIpc) is 2.85. The summed E-state index contributed by atoms with van der Waals surface area (Å²) in [5.41, 5.74) is -0.465. The predicted molar refractivity (Wildman–Crippen MR) is 78.3 cm³/mol. The first-order valence-electron chi connectivity index (χ1n) is 6.25. The molecule has 0 bridgehead atoms. The molecule has 2 rings (SSSR count). The number of hydrogen-bond donors (Lipinski definition) is 1. The fourth-order valence-electron chi connectivity index (χ4n) is 2.63. The van der Waals surface area contributed by atoms with Crippen LogP contribution in [-0.2, 0) is 6.54 Å². The normalized spacial score (nSPS) is 18.5. The molecule has 0 unspecified atom stereocenters. The van der Waals surface area contributed by atoms with Gasteiger partial charge in [-0.3, -0.25) is 4.90 Å². The van der Waals surface area contributed by atoms with E-state index in [-0.39, 0.29) is 0 Å². The Kier molecular flexibility index (Phi) is 4.69. The Morgan fingerprint density at radius 1 is 1.50 bits per heavy atom. The summed E-state index contributed by atoms with van der Waals surface area (Å²) in [5.74, 6) is 0. The van der Waals surface area contributed by atoms with Crippen molar-refractivity contribution in [3.8, 4) is 5.06 Å². The Balaban J connectivity index is 1.92. The van der Waals surface area contributed by atoms with Crippen molar-refractivity contribution < 1.29 is 9.84 Å². The van der Waals surface area contributed by atoms with Gasteiger partial charge >= 0.3 is 0 Å². The zero-order valence-electron chi connectivity index (χ0n) is 10.9. The van der Waals surface area contributed by atoms with E-state index < -0.39 is 5.60 Å². The van der Waals surface area contributed by atoms with Crippen LogP contribution in [0.1, 0.15) is 30.6 Å². The van der Waals surface area contributed by atoms with Gasteiger partial charge in [-0.05, 0) is 41.9 Å². The number of likely N-dealkylation sites (N-methyl/N-ethyl adjacent to an activating group) is 1. The highest BCUT2D eigenvalue weighted by molar-refractivity contribution is 9.10. The first kappa shape index (κ1) is 14.3. The molecular weight excluding hydrogens is 314 g/mol. The van der Waals surface area contributed by atoms with Crippen LogP contribution in [0.25, 0.3) is 0 Å². The Labute approximate surface area is 121 Å². The zero-order chi connectivity index (χ0) is 13.2. The van der Waals surface area contributed by atoms with E-state index in [2.05, 4.69) is 33.9 Å². The maximum Gasteiger partial charge on any atom is 0.188 e. The highest BCUT2D eigenvalue weighted by Crippen LogP contribution is 2.36. The monoisotopic (exact) mass is 333 g/mol. The lowest BCUT2D eigenvalue weighted by molar-refractivity contribution is 0.0147. The van der Waals surface area contributed by atoms with Crippen molar-refractivity contribution in [1.82, 2.24) is 4.90 Å². The maximum absolute atomic E-state index is 10.4. The fourth-order valence-corrected chi connectivity index (χ4v) is 4.40. The number of halogens is 1. The van der Waals surface area contributed by atoms with E-state index in [9.17, 15) is 5.11 Å². The molecule has 1 aliphatic carbocycles. The Morgan fingerprint density at radius 3 is 2.72 bits per heavy atom. The Hall–Kier alpha value is -0.100. The number of rotatable bonds is 5. The van der Waals surface area contributed by atoms with Gasteiger partial charge in [0, 0.05) is 18.0 Å². The number of thiophene rings is 1. The van der Waals surface area contributed by atoms with Gasteiger partial charge in [-0.25, -0.2) is 0 Å². The van der Waals surface area contributed by atoms with Crippen LogP contribution in [0.4, 0.5) is 0 Å². The van der Waals surface area contributed by atoms with Crippen LogP contribution in [0.3, 0.4) is 0 Å². The molecule has 18 heavy (non-hydrogen) atoms. The van der Waals surface area contributed by atoms with Crippen molar-refractivity contribution >= 4 is 27.3 Å². The SMILES string of the molecule is COc1sc(CN(C)CC2(O)CCCC2)cc1Br. The smallest absolute Gasteiger partial charge is 0.188 e. The lowest BCUT2D eigenvalue weighted by Gasteiger charge is -2.28. The second-order valence-corrected chi connectivity index (χ2v) is 7.11. The van der Waals surface area contributed by atoms with Crippen LogP contribution in [0, 0.1) is 0 Å². The molecule has 3 nitrogen and oxygen atoms in total. The molecule has 1 aromatic heterocycles. The standard InChI is InChI=1S/C13H20BrNO2S/c1-15(9-13(16)5-3-4-6-13)8-10-7-11(14)12(17-2)18-10/h7,16H,3-6,8-9H2,1-2H3. The molecule has 1 heterocycles. The molecule has 0 spiro atoms. The molecule has 1 aromatic rings. The van der Waals surface area contributed by atoms with Crippen molar-refractivity contribution in [2.75, 3.05) is 20.7 Å². The van der Waals surface area contributed by atoms with E-state index in [4.69, 9.17) is 4.74 Å². The minimum Gasteiger partial charge on any atom is -0.486 e. The summed E-state index contributed by atoms with van der Waals surface area (Å²) in [6, 6.07) is 2.10. The highest BCUT2D eigenvalue weighted by Gasteiger charge is 2.32. The number of aliphatic hydroxyl groups is 1. The topological polar surface area (TPSA) is 32.7 Å². The van der Waals surface area contributed by atoms with Gasteiger partial charge in [-0.2, -0.15) is 0 Å². The third-order valence-electron chi connectivity index (χ3n) is 3.42. The van der Waals surface area contributed by atoms with Crippen molar-refractivity contribution in [2.24, 2.45) is 0 Å². The highest BCUT2D eigenvalue weighted by atomic mass is 79.9. The number of methoxy groups -OCH3 is 1. The van der Waals surface area contributed by atoms with E-state index >= 15 is 0 Å². The van der Waals surface area contributed by atoms with Gasteiger partial charge in [0.15, 0.2) is 5.06 Å². The van der Waals surface area contributed by atoms with Gasteiger partial charge in [-0.15, -0.1) is 11.3 Å². The van der Waals surface area contributed by atoms with Gasteiger partial charge < -0.3 is 9.84 Å². The maximum atomic E-state index is 10.4. The van der Waals surface area contributed by atoms with Crippen LogP contribution >= 0.6 is 27.3 Å². The van der Waals surface area contributed by atoms with E-state index in [0.717, 1.165) is 48.3 Å². The van der Waals surface area contributed by atoms with E-state index in [1.165, 1.54) is 4.88 Å². The summed E-state index contributed by atoms with van der Waals surface area (Å²) in [7, 11) is 3.75. The molecule has 0 amide bonds. The molecule has 1 aliphatic rings. The fraction of sp³-hybridized carbons (Fsp3) is 0.692. The van der Waals surface area contributed by atoms with Crippen LogP contribution in [-0.4, -0.2) is 36.3 Å². The van der Waals surface area contributed by atoms with Gasteiger partial charge in [0.1, 0.15) is 0 Å². The summed E-state index contributed by atoms with van der Waals surface area (Å²) in [5, 5.41) is 11.3. The van der Waals surface area contributed by atoms with Gasteiger partial charge in [0.05, 0.1) is 17.2 Å². The van der Waals surface area contributed by atoms with Crippen LogP contribution in [0.15, 0.2) is 10.5 Å². The van der Waals surface area contributed by atoms with Gasteiger partial charge in [0.2, 0.25) is 0 Å². The molecule has 0 saturated heterocycles. The van der Waals surface area contributed by atoms with Crippen molar-refractivity contribution in [2.45, 2.75) is 37.8 Å². The average molecular weight is 334 g/mol. The van der Waals surface area contributed by atoms with E-state index in [0.29, 0.717) is 0 Å². The summed E-state index contributed by atoms with van der Waals surface area (Å²) in [4.78, 5) is 3.45. The third kappa shape index (κ3) is 3.47. The predicted octanol–water partition coefficient (Wildman–Crippen LogP) is 3.26. The molecule has 0 radical (unpaired) electrons. The first-order valence-corrected chi connectivity index (χ1v) is 7.86. The quantitative estimate of drug-likeness (QED) is 0.897. The summed E-state index contributed by atoms with van der Waals surface area (Å²) in [6.45, 7) is 1.61. The third-order valence-corrected chi connectivity index (χ3v) is 5.35. The molecule has 0 aromatic carbocycles. The Bertz CT molecular complexity index is 402. The molecule has 0 aliphatic heterocycles. The molecule has 5 heteroatoms. The molecular formula is C13H20BrNO2S. The van der Waals surface area contributed by atoms with Gasteiger partial charge in [0.25, 0.3) is 0 Å². The second-order valence-electron chi connectivity index (χ2n) is 5.16. The van der Waals surface area contributed by atoms with Crippen LogP contribution in [0.2, 0.25) is 0 Å². The summed E-state index contributed by atoms with van der Waals surface area (Å²) < 4.78 is 6.28. The molecule has 0 atom stereocenters. The van der Waals surface area contributed by atoms with Crippen LogP contribution < -0.4 is 4.74 Å². The van der Waals surface area contributed by atoms with Crippen molar-refractivity contribution in [3.63, 3.8) is 0 Å². The Morgan fingerprint density at radius 2 is 2.17 bits per heavy atom. The minimum atomic E-state index is -0.465. The van der Waals surface area contributed by atoms with Gasteiger partial charge in [-0.1, -0.05) is 12.8 Å². The van der Waals surface area contributed by atoms with Crippen LogP contribution in [0.5, 0.6) is 5.06 Å². The largest absolute Gasteiger partial charge is 0.486 e. The zero-order valence-corrected chi connectivity index (χ0v) is 13.3. The van der Waals surface area contributed by atoms with Crippen molar-refractivity contribution in [1.29, 1.82) is 0 Å². The first-order chi connectivity index (χ1) is 8.52. The van der Waals surface area contributed by atoms with Crippen molar-refractivity contribution in [3.05, 3.63) is 15.4 Å². The molecule has 1 fully saturated rings. The number of nitrogens with zero attached hydrogens (tertiary/aromatic N) is 1. The molecule has 102 valence electrons. The number of hydrogen-bond acceptors (Lipinski definition) is 4. The number of ether oxygens (including phenoxy) is 1. The minimum absolute atomic E-state index is 0.465. The molecule has 1 N–H and O–H groups in total. The van der Waals surface area contributed by atoms with E-state index in [1.54, 1.807) is 18.4 Å². The van der Waals surface area contributed by atoms with E-state index in [1.807, 2.05) is 0 Å². The summed E-state index contributed by atoms with van der Waals surface area (Å²) in [6.07, 6.45) is 4.19. The molecule has 1 saturated carbocycles. The lowest BCUT2D eigenvalue weighted by Crippen LogP contribution is -2.38.